The molecule has 38 heavy (non-hydrogen) atoms. The van der Waals surface area contributed by atoms with E-state index < -0.39 is 11.7 Å². The summed E-state index contributed by atoms with van der Waals surface area (Å²) >= 11 is 5.69. The van der Waals surface area contributed by atoms with Crippen LogP contribution in [-0.4, -0.2) is 41.2 Å². The molecule has 2 bridgehead atoms. The highest BCUT2D eigenvalue weighted by Gasteiger charge is 2.43. The molecular weight excluding hydrogens is 509 g/mol. The standard InChI is InChI=1S/C29H31F3N4OS/c1-4-18-16-36-10-8-19(18)13-26(36)27(23-7-9-33-25-6-5-22(37-3)15-24(23)25)35-28(38)34-21-12-17(2)11-20(14-21)29(30,31)32/h4-7,9,11-12,14-15,18-19,26-27H,1,8,10,13,16H2,2-3H3,(H2,34,35,38)/t18?,19?,26?,27-/m1/s1. The van der Waals surface area contributed by atoms with Crippen molar-refractivity contribution in [1.29, 1.82) is 0 Å². The molecule has 3 aromatic rings. The van der Waals surface area contributed by atoms with E-state index in [0.29, 0.717) is 23.1 Å². The minimum atomic E-state index is -4.44. The van der Waals surface area contributed by atoms with Gasteiger partial charge in [-0.3, -0.25) is 9.88 Å². The molecule has 3 aliphatic rings. The van der Waals surface area contributed by atoms with Crippen molar-refractivity contribution in [1.82, 2.24) is 15.2 Å². The van der Waals surface area contributed by atoms with Gasteiger partial charge in [-0.1, -0.05) is 6.08 Å². The van der Waals surface area contributed by atoms with Crippen molar-refractivity contribution in [2.24, 2.45) is 11.8 Å². The summed E-state index contributed by atoms with van der Waals surface area (Å²) in [4.78, 5) is 7.02. The normalized spacial score (nSPS) is 23.6. The van der Waals surface area contributed by atoms with Gasteiger partial charge in [-0.25, -0.2) is 0 Å². The number of thiocarbonyl (C=S) groups is 1. The Bertz CT molecular complexity index is 1360. The third-order valence-corrected chi connectivity index (χ3v) is 8.03. The lowest BCUT2D eigenvalue weighted by molar-refractivity contribution is -0.137. The van der Waals surface area contributed by atoms with Crippen LogP contribution in [0.15, 0.2) is 61.3 Å². The van der Waals surface area contributed by atoms with Crippen molar-refractivity contribution in [2.45, 2.75) is 38.0 Å². The third-order valence-electron chi connectivity index (χ3n) is 7.81. The van der Waals surface area contributed by atoms with E-state index in [0.717, 1.165) is 60.3 Å². The molecule has 0 saturated carbocycles. The van der Waals surface area contributed by atoms with Gasteiger partial charge >= 0.3 is 6.18 Å². The number of nitrogens with zero attached hydrogens (tertiary/aromatic N) is 2. The third kappa shape index (κ3) is 5.35. The number of aromatic nitrogens is 1. The molecule has 0 spiro atoms. The molecule has 3 fully saturated rings. The summed E-state index contributed by atoms with van der Waals surface area (Å²) in [6.07, 6.45) is 1.49. The molecule has 0 aliphatic carbocycles. The lowest BCUT2D eigenvalue weighted by atomic mass is 9.73. The Kier molecular flexibility index (Phi) is 7.33. The van der Waals surface area contributed by atoms with Gasteiger partial charge in [0.05, 0.1) is 24.2 Å². The van der Waals surface area contributed by atoms with E-state index in [1.54, 1.807) is 26.3 Å². The molecule has 2 aromatic carbocycles. The predicted octanol–water partition coefficient (Wildman–Crippen LogP) is 6.49. The highest BCUT2D eigenvalue weighted by molar-refractivity contribution is 7.80. The Morgan fingerprint density at radius 3 is 2.74 bits per heavy atom. The molecule has 4 heterocycles. The number of rotatable bonds is 6. The van der Waals surface area contributed by atoms with E-state index in [4.69, 9.17) is 17.0 Å². The average Bonchev–Trinajstić information content (AvgIpc) is 2.90. The van der Waals surface area contributed by atoms with Gasteiger partial charge in [0.15, 0.2) is 5.11 Å². The molecule has 5 nitrogen and oxygen atoms in total. The SMILES string of the molecule is C=CC1CN2CCC1CC2[C@H](NC(=S)Nc1cc(C)cc(C(F)(F)F)c1)c1ccnc2ccc(OC)cc12. The van der Waals surface area contributed by atoms with Crippen molar-refractivity contribution in [3.8, 4) is 5.75 Å². The maximum Gasteiger partial charge on any atom is 0.416 e. The largest absolute Gasteiger partial charge is 0.497 e. The second-order valence-electron chi connectivity index (χ2n) is 10.2. The van der Waals surface area contributed by atoms with E-state index in [1.165, 1.54) is 0 Å². The minimum absolute atomic E-state index is 0.143. The zero-order valence-electron chi connectivity index (χ0n) is 21.4. The zero-order valence-corrected chi connectivity index (χ0v) is 22.2. The van der Waals surface area contributed by atoms with Crippen molar-refractivity contribution >= 4 is 33.9 Å². The summed E-state index contributed by atoms with van der Waals surface area (Å²) in [5.74, 6) is 1.71. The van der Waals surface area contributed by atoms with Crippen LogP contribution < -0.4 is 15.4 Å². The van der Waals surface area contributed by atoms with Crippen LogP contribution in [0.2, 0.25) is 0 Å². The highest BCUT2D eigenvalue weighted by atomic mass is 32.1. The molecule has 0 radical (unpaired) electrons. The number of pyridine rings is 1. The van der Waals surface area contributed by atoms with Crippen LogP contribution in [0.1, 0.15) is 35.6 Å². The van der Waals surface area contributed by atoms with Crippen LogP contribution in [0.25, 0.3) is 10.9 Å². The van der Waals surface area contributed by atoms with E-state index >= 15 is 0 Å². The first-order valence-corrected chi connectivity index (χ1v) is 13.1. The van der Waals surface area contributed by atoms with E-state index in [2.05, 4.69) is 33.2 Å². The number of piperidine rings is 3. The number of aryl methyl sites for hydroxylation is 1. The van der Waals surface area contributed by atoms with Crippen LogP contribution in [-0.2, 0) is 6.18 Å². The van der Waals surface area contributed by atoms with E-state index in [-0.39, 0.29) is 17.2 Å². The van der Waals surface area contributed by atoms with E-state index in [1.807, 2.05) is 24.3 Å². The minimum Gasteiger partial charge on any atom is -0.497 e. The lowest BCUT2D eigenvalue weighted by Crippen LogP contribution is -2.57. The predicted molar refractivity (Wildman–Crippen MR) is 148 cm³/mol. The van der Waals surface area contributed by atoms with Crippen molar-refractivity contribution < 1.29 is 17.9 Å². The number of alkyl halides is 3. The zero-order chi connectivity index (χ0) is 27.0. The van der Waals surface area contributed by atoms with Gasteiger partial charge in [-0.15, -0.1) is 6.58 Å². The average molecular weight is 541 g/mol. The first-order chi connectivity index (χ1) is 18.2. The number of nitrogens with one attached hydrogen (secondary N) is 2. The molecule has 200 valence electrons. The molecule has 3 saturated heterocycles. The number of fused-ring (bicyclic) bond motifs is 4. The van der Waals surface area contributed by atoms with Gasteiger partial charge in [0.2, 0.25) is 0 Å². The van der Waals surface area contributed by atoms with Crippen LogP contribution in [0.4, 0.5) is 18.9 Å². The van der Waals surface area contributed by atoms with Gasteiger partial charge in [0, 0.05) is 29.9 Å². The van der Waals surface area contributed by atoms with Crippen molar-refractivity contribution in [3.63, 3.8) is 0 Å². The van der Waals surface area contributed by atoms with Gasteiger partial charge in [0.25, 0.3) is 0 Å². The molecular formula is C29H31F3N4OS. The summed E-state index contributed by atoms with van der Waals surface area (Å²) in [5.41, 5.74) is 1.94. The van der Waals surface area contributed by atoms with Gasteiger partial charge in [-0.2, -0.15) is 13.2 Å². The molecule has 4 unspecified atom stereocenters. The van der Waals surface area contributed by atoms with Crippen LogP contribution in [0.3, 0.4) is 0 Å². The first kappa shape index (κ1) is 26.4. The van der Waals surface area contributed by atoms with Gasteiger partial charge < -0.3 is 15.4 Å². The Labute approximate surface area is 226 Å². The first-order valence-electron chi connectivity index (χ1n) is 12.7. The number of hydrogen-bond acceptors (Lipinski definition) is 4. The Morgan fingerprint density at radius 1 is 1.24 bits per heavy atom. The summed E-state index contributed by atoms with van der Waals surface area (Å²) in [5, 5.41) is 7.71. The maximum atomic E-state index is 13.4. The molecule has 5 atom stereocenters. The molecule has 1 aromatic heterocycles. The van der Waals surface area contributed by atoms with Crippen LogP contribution >= 0.6 is 12.2 Å². The van der Waals surface area contributed by atoms with Gasteiger partial charge in [0.1, 0.15) is 5.75 Å². The monoisotopic (exact) mass is 540 g/mol. The Morgan fingerprint density at radius 2 is 2.05 bits per heavy atom. The molecule has 3 aliphatic heterocycles. The summed E-state index contributed by atoms with van der Waals surface area (Å²) in [7, 11) is 1.63. The number of halogens is 3. The van der Waals surface area contributed by atoms with Crippen molar-refractivity contribution in [3.05, 3.63) is 78.0 Å². The summed E-state index contributed by atoms with van der Waals surface area (Å²) in [6, 6.07) is 11.6. The van der Waals surface area contributed by atoms with Gasteiger partial charge in [-0.05, 0) is 104 Å². The number of methoxy groups -OCH3 is 1. The lowest BCUT2D eigenvalue weighted by Gasteiger charge is -2.52. The van der Waals surface area contributed by atoms with Crippen LogP contribution in [0, 0.1) is 18.8 Å². The smallest absolute Gasteiger partial charge is 0.416 e. The van der Waals surface area contributed by atoms with Crippen LogP contribution in [0.5, 0.6) is 5.75 Å². The maximum absolute atomic E-state index is 13.4. The molecule has 9 heteroatoms. The fraction of sp³-hybridized carbons (Fsp3) is 0.379. The quantitative estimate of drug-likeness (QED) is 0.275. The summed E-state index contributed by atoms with van der Waals surface area (Å²) < 4.78 is 45.7. The number of anilines is 1. The second-order valence-corrected chi connectivity index (χ2v) is 10.6. The number of benzene rings is 2. The van der Waals surface area contributed by atoms with Crippen molar-refractivity contribution in [2.75, 3.05) is 25.5 Å². The molecule has 2 N–H and O–H groups in total. The number of ether oxygens (including phenoxy) is 1. The topological polar surface area (TPSA) is 49.4 Å². The Hall–Kier alpha value is -3.17. The second kappa shape index (κ2) is 10.5. The fourth-order valence-corrected chi connectivity index (χ4v) is 6.22. The highest BCUT2D eigenvalue weighted by Crippen LogP contribution is 2.42. The summed E-state index contributed by atoms with van der Waals surface area (Å²) in [6.45, 7) is 7.59. The van der Waals surface area contributed by atoms with E-state index in [9.17, 15) is 13.2 Å². The molecule has 0 amide bonds. The Balaban J connectivity index is 1.50. The number of hydrogen-bond donors (Lipinski definition) is 2. The fourth-order valence-electron chi connectivity index (χ4n) is 5.98. The molecule has 6 rings (SSSR count).